The average Bonchev–Trinajstić information content (AvgIpc) is 1.85. The maximum Gasteiger partial charge on any atom is 0.0128 e. The normalized spacial score (nSPS) is 10.2. The molecule has 60 valence electrons. The fraction of sp³-hybridized carbons (Fsp3) is 0.333. The smallest absolute Gasteiger partial charge is 0.0128 e. The minimum Gasteiger partial charge on any atom is -0.143 e. The van der Waals surface area contributed by atoms with E-state index in [4.69, 9.17) is 0 Å². The van der Waals surface area contributed by atoms with E-state index in [-0.39, 0.29) is 0 Å². The average molecular weight is 184 g/mol. The van der Waals surface area contributed by atoms with Gasteiger partial charge in [0.1, 0.15) is 0 Å². The molecule has 0 bridgehead atoms. The van der Waals surface area contributed by atoms with Gasteiger partial charge in [-0.15, -0.1) is 24.4 Å². The fourth-order valence-corrected chi connectivity index (χ4v) is 2.40. The van der Waals surface area contributed by atoms with E-state index in [0.717, 1.165) is 4.90 Å². The van der Waals surface area contributed by atoms with E-state index in [2.05, 4.69) is 44.9 Å². The minimum atomic E-state index is 1.05. The van der Waals surface area contributed by atoms with Crippen LogP contribution in [0.4, 0.5) is 0 Å². The molecule has 0 aliphatic carbocycles. The molecule has 0 heterocycles. The molecule has 0 aliphatic rings. The van der Waals surface area contributed by atoms with E-state index >= 15 is 0 Å². The third-order valence-corrected chi connectivity index (χ3v) is 2.96. The predicted molar refractivity (Wildman–Crippen MR) is 54.9 cm³/mol. The Labute approximate surface area is 77.8 Å². The second kappa shape index (κ2) is 3.55. The van der Waals surface area contributed by atoms with Gasteiger partial charge in [0.15, 0.2) is 0 Å². The molecule has 11 heavy (non-hydrogen) atoms. The van der Waals surface area contributed by atoms with Crippen LogP contribution in [-0.4, -0.2) is 6.26 Å². The van der Waals surface area contributed by atoms with Crippen molar-refractivity contribution >= 4 is 24.4 Å². The first-order valence-corrected chi connectivity index (χ1v) is 5.16. The third-order valence-electron chi connectivity index (χ3n) is 1.65. The zero-order valence-electron chi connectivity index (χ0n) is 7.01. The molecule has 0 spiro atoms. The van der Waals surface area contributed by atoms with E-state index in [1.54, 1.807) is 11.8 Å². The first kappa shape index (κ1) is 9.01. The number of thioether (sulfide) groups is 1. The van der Waals surface area contributed by atoms with Crippen LogP contribution in [0.15, 0.2) is 21.9 Å². The number of benzene rings is 1. The number of rotatable bonds is 1. The van der Waals surface area contributed by atoms with Gasteiger partial charge < -0.3 is 0 Å². The van der Waals surface area contributed by atoms with Crippen LogP contribution in [-0.2, 0) is 0 Å². The predicted octanol–water partition coefficient (Wildman–Crippen LogP) is 3.31. The van der Waals surface area contributed by atoms with E-state index in [0.29, 0.717) is 0 Å². The van der Waals surface area contributed by atoms with Crippen molar-refractivity contribution in [2.75, 3.05) is 6.26 Å². The van der Waals surface area contributed by atoms with Crippen molar-refractivity contribution in [3.05, 3.63) is 23.3 Å². The summed E-state index contributed by atoms with van der Waals surface area (Å²) < 4.78 is 0. The monoisotopic (exact) mass is 184 g/mol. The molecule has 0 nitrogen and oxygen atoms in total. The molecule has 0 unspecified atom stereocenters. The summed E-state index contributed by atoms with van der Waals surface area (Å²) in [5, 5.41) is 0. The second-order valence-electron chi connectivity index (χ2n) is 2.61. The molecular formula is C9H12S2. The van der Waals surface area contributed by atoms with Crippen LogP contribution in [0.2, 0.25) is 0 Å². The van der Waals surface area contributed by atoms with E-state index in [9.17, 15) is 0 Å². The summed E-state index contributed by atoms with van der Waals surface area (Å²) in [6.07, 6.45) is 2.10. The van der Waals surface area contributed by atoms with Crippen molar-refractivity contribution in [1.29, 1.82) is 0 Å². The first-order chi connectivity index (χ1) is 5.15. The molecule has 1 aromatic rings. The summed E-state index contributed by atoms with van der Waals surface area (Å²) in [4.78, 5) is 2.43. The highest BCUT2D eigenvalue weighted by Crippen LogP contribution is 2.26. The molecule has 0 aliphatic heterocycles. The molecule has 0 fully saturated rings. The molecule has 0 radical (unpaired) electrons. The maximum absolute atomic E-state index is 4.30. The molecular weight excluding hydrogens is 172 g/mol. The summed E-state index contributed by atoms with van der Waals surface area (Å²) in [5.74, 6) is 0. The van der Waals surface area contributed by atoms with Gasteiger partial charge in [0.25, 0.3) is 0 Å². The summed E-state index contributed by atoms with van der Waals surface area (Å²) in [6.45, 7) is 4.25. The molecule has 0 saturated carbocycles. The van der Waals surface area contributed by atoms with Gasteiger partial charge in [-0.05, 0) is 43.4 Å². The summed E-state index contributed by atoms with van der Waals surface area (Å²) >= 11 is 6.10. The lowest BCUT2D eigenvalue weighted by Crippen LogP contribution is -1.84. The second-order valence-corrected chi connectivity index (χ2v) is 3.95. The Morgan fingerprint density at radius 3 is 2.00 bits per heavy atom. The van der Waals surface area contributed by atoms with E-state index in [1.807, 2.05) is 0 Å². The molecule has 0 saturated heterocycles. The number of hydrogen-bond donors (Lipinski definition) is 1. The molecule has 1 aromatic carbocycles. The minimum absolute atomic E-state index is 1.05. The lowest BCUT2D eigenvalue weighted by atomic mass is 10.2. The van der Waals surface area contributed by atoms with Crippen molar-refractivity contribution in [2.24, 2.45) is 0 Å². The molecule has 0 atom stereocenters. The summed E-state index contributed by atoms with van der Waals surface area (Å²) in [5.41, 5.74) is 2.64. The van der Waals surface area contributed by atoms with Crippen LogP contribution in [0.5, 0.6) is 0 Å². The van der Waals surface area contributed by atoms with Crippen molar-refractivity contribution in [2.45, 2.75) is 23.6 Å². The molecule has 0 amide bonds. The topological polar surface area (TPSA) is 0 Å². The number of aryl methyl sites for hydroxylation is 2. The van der Waals surface area contributed by atoms with Gasteiger partial charge in [-0.2, -0.15) is 0 Å². The Hall–Kier alpha value is -0.0800. The molecule has 1 rings (SSSR count). The highest BCUT2D eigenvalue weighted by molar-refractivity contribution is 7.98. The van der Waals surface area contributed by atoms with Gasteiger partial charge in [0.2, 0.25) is 0 Å². The van der Waals surface area contributed by atoms with Crippen LogP contribution in [0.1, 0.15) is 11.1 Å². The lowest BCUT2D eigenvalue weighted by molar-refractivity contribution is 1.17. The zero-order valence-corrected chi connectivity index (χ0v) is 8.72. The van der Waals surface area contributed by atoms with Gasteiger partial charge in [0, 0.05) is 9.79 Å². The quantitative estimate of drug-likeness (QED) is 0.516. The van der Waals surface area contributed by atoms with E-state index < -0.39 is 0 Å². The standard InChI is InChI=1S/C9H12S2/c1-6-4-8(10)5-7(2)9(6)11-3/h4-5,10H,1-3H3. The van der Waals surface area contributed by atoms with Crippen molar-refractivity contribution in [3.63, 3.8) is 0 Å². The van der Waals surface area contributed by atoms with Crippen LogP contribution < -0.4 is 0 Å². The summed E-state index contributed by atoms with van der Waals surface area (Å²) in [7, 11) is 0. The van der Waals surface area contributed by atoms with Crippen LogP contribution in [0.25, 0.3) is 0 Å². The van der Waals surface area contributed by atoms with Gasteiger partial charge in [-0.1, -0.05) is 0 Å². The van der Waals surface area contributed by atoms with Crippen molar-refractivity contribution < 1.29 is 0 Å². The zero-order chi connectivity index (χ0) is 8.43. The Balaban J connectivity index is 3.25. The number of thiol groups is 1. The van der Waals surface area contributed by atoms with Gasteiger partial charge in [-0.25, -0.2) is 0 Å². The Kier molecular flexibility index (Phi) is 2.90. The molecule has 0 aromatic heterocycles. The Morgan fingerprint density at radius 2 is 1.64 bits per heavy atom. The van der Waals surface area contributed by atoms with E-state index in [1.165, 1.54) is 16.0 Å². The highest BCUT2D eigenvalue weighted by atomic mass is 32.2. The highest BCUT2D eigenvalue weighted by Gasteiger charge is 2.00. The van der Waals surface area contributed by atoms with Crippen molar-refractivity contribution in [1.82, 2.24) is 0 Å². The largest absolute Gasteiger partial charge is 0.143 e. The Bertz CT molecular complexity index is 243. The molecule has 2 heteroatoms. The van der Waals surface area contributed by atoms with Gasteiger partial charge >= 0.3 is 0 Å². The summed E-state index contributed by atoms with van der Waals surface area (Å²) in [6, 6.07) is 4.20. The van der Waals surface area contributed by atoms with Crippen LogP contribution in [0, 0.1) is 13.8 Å². The SMILES string of the molecule is CSc1c(C)cc(S)cc1C. The maximum atomic E-state index is 4.30. The van der Waals surface area contributed by atoms with Crippen molar-refractivity contribution in [3.8, 4) is 0 Å². The van der Waals surface area contributed by atoms with Crippen LogP contribution >= 0.6 is 24.4 Å². The third kappa shape index (κ3) is 1.94. The first-order valence-electron chi connectivity index (χ1n) is 3.49. The molecule has 0 N–H and O–H groups in total. The Morgan fingerprint density at radius 1 is 1.18 bits per heavy atom. The van der Waals surface area contributed by atoms with Gasteiger partial charge in [-0.3, -0.25) is 0 Å². The fourth-order valence-electron chi connectivity index (χ4n) is 1.25. The number of hydrogen-bond acceptors (Lipinski definition) is 2. The van der Waals surface area contributed by atoms with Crippen LogP contribution in [0.3, 0.4) is 0 Å². The van der Waals surface area contributed by atoms with Gasteiger partial charge in [0.05, 0.1) is 0 Å². The lowest BCUT2D eigenvalue weighted by Gasteiger charge is -2.06.